The zero-order chi connectivity index (χ0) is 11.5. The van der Waals surface area contributed by atoms with Gasteiger partial charge >= 0.3 is 0 Å². The van der Waals surface area contributed by atoms with Crippen molar-refractivity contribution in [3.05, 3.63) is 22.4 Å². The van der Waals surface area contributed by atoms with Crippen LogP contribution < -0.4 is 5.73 Å². The van der Waals surface area contributed by atoms with Gasteiger partial charge in [-0.1, -0.05) is 12.5 Å². The third-order valence-electron chi connectivity index (χ3n) is 3.54. The highest BCUT2D eigenvalue weighted by molar-refractivity contribution is 7.09. The molecule has 2 unspecified atom stereocenters. The summed E-state index contributed by atoms with van der Waals surface area (Å²) in [4.78, 5) is 4.02. The van der Waals surface area contributed by atoms with Crippen molar-refractivity contribution in [2.45, 2.75) is 57.8 Å². The molecule has 90 valence electrons. The number of hydrogen-bond acceptors (Lipinski definition) is 3. The van der Waals surface area contributed by atoms with Crippen molar-refractivity contribution in [2.24, 2.45) is 5.73 Å². The van der Waals surface area contributed by atoms with Crippen LogP contribution in [0.4, 0.5) is 0 Å². The first-order chi connectivity index (χ1) is 7.68. The van der Waals surface area contributed by atoms with Crippen LogP contribution in [0, 0.1) is 0 Å². The zero-order valence-corrected chi connectivity index (χ0v) is 11.0. The Kier molecular flexibility index (Phi) is 4.00. The molecule has 0 radical (unpaired) electrons. The maximum absolute atomic E-state index is 6.21. The van der Waals surface area contributed by atoms with Gasteiger partial charge in [-0.15, -0.1) is 11.3 Å². The minimum atomic E-state index is 0.377. The molecular weight excluding hydrogens is 216 g/mol. The van der Waals surface area contributed by atoms with E-state index in [0.717, 1.165) is 6.54 Å². The Labute approximate surface area is 102 Å². The fraction of sp³-hybridized carbons (Fsp3) is 0.692. The largest absolute Gasteiger partial charge is 0.326 e. The first-order valence-corrected chi connectivity index (χ1v) is 7.10. The molecule has 1 aromatic rings. The topological polar surface area (TPSA) is 29.3 Å². The highest BCUT2D eigenvalue weighted by Crippen LogP contribution is 2.26. The number of nitrogens with zero attached hydrogens (tertiary/aromatic N) is 1. The first-order valence-electron chi connectivity index (χ1n) is 6.22. The van der Waals surface area contributed by atoms with Gasteiger partial charge in [0, 0.05) is 29.5 Å². The van der Waals surface area contributed by atoms with E-state index in [2.05, 4.69) is 36.3 Å². The van der Waals surface area contributed by atoms with E-state index in [4.69, 9.17) is 5.73 Å². The van der Waals surface area contributed by atoms with E-state index < -0.39 is 0 Å². The van der Waals surface area contributed by atoms with Gasteiger partial charge < -0.3 is 5.73 Å². The monoisotopic (exact) mass is 238 g/mol. The Bertz CT molecular complexity index is 308. The van der Waals surface area contributed by atoms with E-state index in [-0.39, 0.29) is 0 Å². The summed E-state index contributed by atoms with van der Waals surface area (Å²) in [6, 6.07) is 5.90. The zero-order valence-electron chi connectivity index (χ0n) is 10.2. The Morgan fingerprint density at radius 1 is 1.50 bits per heavy atom. The average molecular weight is 238 g/mol. The third kappa shape index (κ3) is 2.65. The van der Waals surface area contributed by atoms with Crippen molar-refractivity contribution < 1.29 is 0 Å². The van der Waals surface area contributed by atoms with Crippen LogP contribution in [0.25, 0.3) is 0 Å². The Hall–Kier alpha value is -0.380. The quantitative estimate of drug-likeness (QED) is 0.874. The van der Waals surface area contributed by atoms with Gasteiger partial charge in [-0.25, -0.2) is 0 Å². The Morgan fingerprint density at radius 3 is 2.81 bits per heavy atom. The molecule has 2 rings (SSSR count). The summed E-state index contributed by atoms with van der Waals surface area (Å²) >= 11 is 1.85. The van der Waals surface area contributed by atoms with Gasteiger partial charge in [0.05, 0.1) is 0 Å². The molecule has 0 amide bonds. The summed E-state index contributed by atoms with van der Waals surface area (Å²) in [6.45, 7) is 5.62. The second-order valence-corrected chi connectivity index (χ2v) is 6.04. The molecule has 1 fully saturated rings. The normalized spacial score (nSPS) is 25.8. The van der Waals surface area contributed by atoms with Crippen LogP contribution >= 0.6 is 11.3 Å². The Balaban J connectivity index is 2.05. The van der Waals surface area contributed by atoms with E-state index in [1.54, 1.807) is 0 Å². The average Bonchev–Trinajstić information content (AvgIpc) is 2.85. The molecule has 0 spiro atoms. The number of thiophene rings is 1. The molecule has 0 bridgehead atoms. The lowest BCUT2D eigenvalue weighted by Crippen LogP contribution is -2.47. The van der Waals surface area contributed by atoms with Crippen molar-refractivity contribution in [2.75, 3.05) is 0 Å². The highest BCUT2D eigenvalue weighted by atomic mass is 32.1. The molecular formula is C13H22N2S. The van der Waals surface area contributed by atoms with Crippen LogP contribution in [0.3, 0.4) is 0 Å². The van der Waals surface area contributed by atoms with Gasteiger partial charge in [0.2, 0.25) is 0 Å². The van der Waals surface area contributed by atoms with Gasteiger partial charge in [-0.2, -0.15) is 0 Å². The van der Waals surface area contributed by atoms with E-state index in [1.807, 2.05) is 11.3 Å². The predicted octanol–water partition coefficient (Wildman–Crippen LogP) is 2.84. The van der Waals surface area contributed by atoms with Crippen LogP contribution in [0.15, 0.2) is 17.5 Å². The molecule has 1 aliphatic carbocycles. The van der Waals surface area contributed by atoms with Crippen LogP contribution in [0.5, 0.6) is 0 Å². The first kappa shape index (κ1) is 12.1. The molecule has 3 heteroatoms. The summed E-state index contributed by atoms with van der Waals surface area (Å²) in [7, 11) is 0. The van der Waals surface area contributed by atoms with Crippen molar-refractivity contribution in [3.8, 4) is 0 Å². The molecule has 1 saturated carbocycles. The van der Waals surface area contributed by atoms with Crippen LogP contribution in [0.1, 0.15) is 38.0 Å². The van der Waals surface area contributed by atoms with Crippen molar-refractivity contribution in [1.82, 2.24) is 4.90 Å². The van der Waals surface area contributed by atoms with E-state index in [0.29, 0.717) is 18.1 Å². The minimum Gasteiger partial charge on any atom is -0.326 e. The standard InChI is InChI=1S/C13H22N2S/c1-10(2)15(9-11-5-4-8-16-11)13-7-3-6-12(13)14/h4-5,8,10,12-13H,3,6-7,9,14H2,1-2H3. The molecule has 16 heavy (non-hydrogen) atoms. The summed E-state index contributed by atoms with van der Waals surface area (Å²) in [6.07, 6.45) is 3.75. The molecule has 2 N–H and O–H groups in total. The van der Waals surface area contributed by atoms with E-state index in [9.17, 15) is 0 Å². The highest BCUT2D eigenvalue weighted by Gasteiger charge is 2.30. The third-order valence-corrected chi connectivity index (χ3v) is 4.40. The smallest absolute Gasteiger partial charge is 0.0334 e. The Morgan fingerprint density at radius 2 is 2.31 bits per heavy atom. The van der Waals surface area contributed by atoms with Gasteiger partial charge in [0.25, 0.3) is 0 Å². The van der Waals surface area contributed by atoms with Gasteiger partial charge in [0.1, 0.15) is 0 Å². The van der Waals surface area contributed by atoms with Crippen molar-refractivity contribution >= 4 is 11.3 Å². The number of hydrogen-bond donors (Lipinski definition) is 1. The molecule has 1 aliphatic rings. The second kappa shape index (κ2) is 5.30. The van der Waals surface area contributed by atoms with E-state index in [1.165, 1.54) is 24.1 Å². The maximum Gasteiger partial charge on any atom is 0.0334 e. The molecule has 0 aliphatic heterocycles. The lowest BCUT2D eigenvalue weighted by molar-refractivity contribution is 0.136. The van der Waals surface area contributed by atoms with Gasteiger partial charge in [0.15, 0.2) is 0 Å². The molecule has 0 aromatic carbocycles. The summed E-state index contributed by atoms with van der Waals surface area (Å²) in [5, 5.41) is 2.16. The number of nitrogens with two attached hydrogens (primary N) is 1. The fourth-order valence-corrected chi connectivity index (χ4v) is 3.36. The fourth-order valence-electron chi connectivity index (χ4n) is 2.65. The van der Waals surface area contributed by atoms with Crippen molar-refractivity contribution in [1.29, 1.82) is 0 Å². The number of rotatable bonds is 4. The van der Waals surface area contributed by atoms with Crippen LogP contribution in [-0.2, 0) is 6.54 Å². The maximum atomic E-state index is 6.21. The molecule has 0 saturated heterocycles. The summed E-state index contributed by atoms with van der Waals surface area (Å²) < 4.78 is 0. The van der Waals surface area contributed by atoms with Crippen LogP contribution in [0.2, 0.25) is 0 Å². The summed E-state index contributed by atoms with van der Waals surface area (Å²) in [5.41, 5.74) is 6.21. The van der Waals surface area contributed by atoms with E-state index >= 15 is 0 Å². The lowest BCUT2D eigenvalue weighted by Gasteiger charge is -2.34. The second-order valence-electron chi connectivity index (χ2n) is 5.01. The van der Waals surface area contributed by atoms with Gasteiger partial charge in [-0.05, 0) is 38.1 Å². The molecule has 1 aromatic heterocycles. The molecule has 2 nitrogen and oxygen atoms in total. The predicted molar refractivity (Wildman–Crippen MR) is 70.6 cm³/mol. The lowest BCUT2D eigenvalue weighted by atomic mass is 10.1. The van der Waals surface area contributed by atoms with Crippen LogP contribution in [-0.4, -0.2) is 23.0 Å². The molecule has 2 atom stereocenters. The minimum absolute atomic E-state index is 0.377. The van der Waals surface area contributed by atoms with Crippen molar-refractivity contribution in [3.63, 3.8) is 0 Å². The SMILES string of the molecule is CC(C)N(Cc1cccs1)C1CCCC1N. The summed E-state index contributed by atoms with van der Waals surface area (Å²) in [5.74, 6) is 0. The van der Waals surface area contributed by atoms with Gasteiger partial charge in [-0.3, -0.25) is 4.90 Å². The molecule has 1 heterocycles.